The molecule has 32 heavy (non-hydrogen) atoms. The molecule has 0 saturated carbocycles. The zero-order valence-electron chi connectivity index (χ0n) is 17.7. The van der Waals surface area contributed by atoms with E-state index in [2.05, 4.69) is 0 Å². The monoisotopic (exact) mass is 436 g/mol. The first-order valence-corrected chi connectivity index (χ1v) is 10.7. The zero-order valence-corrected chi connectivity index (χ0v) is 18.5. The molecular weight excluding hydrogens is 416 g/mol. The summed E-state index contributed by atoms with van der Waals surface area (Å²) >= 11 is 5.96. The predicted molar refractivity (Wildman–Crippen MR) is 131 cm³/mol. The topological polar surface area (TPSA) is 35.5 Å². The van der Waals surface area contributed by atoms with E-state index in [4.69, 9.17) is 21.7 Å². The minimum Gasteiger partial charge on any atom is -0.497 e. The molecule has 0 saturated heterocycles. The van der Waals surface area contributed by atoms with Gasteiger partial charge in [0.1, 0.15) is 11.5 Å². The number of ether oxygens (including phenoxy) is 2. The second-order valence-corrected chi connectivity index (χ2v) is 7.98. The van der Waals surface area contributed by atoms with Gasteiger partial charge in [0.15, 0.2) is 5.78 Å². The van der Waals surface area contributed by atoms with Gasteiger partial charge in [-0.05, 0) is 46.5 Å². The highest BCUT2D eigenvalue weighted by Gasteiger charge is 2.31. The third-order valence-corrected chi connectivity index (χ3v) is 6.30. The number of rotatable bonds is 4. The summed E-state index contributed by atoms with van der Waals surface area (Å²) in [6, 6.07) is 27.2. The van der Waals surface area contributed by atoms with E-state index in [-0.39, 0.29) is 5.78 Å². The van der Waals surface area contributed by atoms with Gasteiger partial charge >= 0.3 is 0 Å². The van der Waals surface area contributed by atoms with Crippen molar-refractivity contribution in [1.29, 1.82) is 0 Å². The molecule has 156 valence electrons. The predicted octanol–water partition coefficient (Wildman–Crippen LogP) is 6.35. The van der Waals surface area contributed by atoms with Crippen LogP contribution in [-0.2, 0) is 0 Å². The van der Waals surface area contributed by atoms with Gasteiger partial charge in [-0.2, -0.15) is 0 Å². The van der Waals surface area contributed by atoms with E-state index < -0.39 is 0 Å². The van der Waals surface area contributed by atoms with Crippen molar-refractivity contribution in [3.05, 3.63) is 107 Å². The average molecular weight is 437 g/mol. The molecule has 0 amide bonds. The Morgan fingerprint density at radius 3 is 1.50 bits per heavy atom. The Labute approximate surface area is 192 Å². The highest BCUT2D eigenvalue weighted by molar-refractivity contribution is 7.81. The van der Waals surface area contributed by atoms with Crippen LogP contribution in [0, 0.1) is 0 Å². The fraction of sp³-hybridized carbons (Fsp3) is 0.0714. The number of thiocarbonyl (C=S) groups is 1. The van der Waals surface area contributed by atoms with Crippen LogP contribution in [-0.4, -0.2) is 24.9 Å². The molecule has 0 bridgehead atoms. The van der Waals surface area contributed by atoms with E-state index in [1.807, 2.05) is 84.9 Å². The van der Waals surface area contributed by atoms with Crippen molar-refractivity contribution in [2.75, 3.05) is 14.2 Å². The highest BCUT2D eigenvalue weighted by atomic mass is 32.1. The number of carbonyl (C=O) groups excluding carboxylic acids is 1. The molecule has 0 N–H and O–H groups in total. The van der Waals surface area contributed by atoms with Gasteiger partial charge in [0.2, 0.25) is 0 Å². The van der Waals surface area contributed by atoms with Crippen molar-refractivity contribution >= 4 is 22.9 Å². The van der Waals surface area contributed by atoms with Gasteiger partial charge in [-0.3, -0.25) is 4.79 Å². The van der Waals surface area contributed by atoms with Gasteiger partial charge in [-0.25, -0.2) is 0 Å². The van der Waals surface area contributed by atoms with E-state index in [1.54, 1.807) is 14.2 Å². The van der Waals surface area contributed by atoms with E-state index >= 15 is 0 Å². The number of fused-ring (bicyclic) bond motifs is 2. The Bertz CT molecular complexity index is 1250. The normalized spacial score (nSPS) is 12.2. The van der Waals surface area contributed by atoms with Crippen molar-refractivity contribution in [1.82, 2.24) is 0 Å². The number of hydrogen-bond acceptors (Lipinski definition) is 4. The average Bonchev–Trinajstić information content (AvgIpc) is 2.86. The van der Waals surface area contributed by atoms with Crippen molar-refractivity contribution in [2.45, 2.75) is 0 Å². The molecule has 0 spiro atoms. The second kappa shape index (κ2) is 8.06. The zero-order chi connectivity index (χ0) is 22.2. The molecule has 0 aliphatic heterocycles. The smallest absolute Gasteiger partial charge is 0.194 e. The Kier molecular flexibility index (Phi) is 5.08. The fourth-order valence-corrected chi connectivity index (χ4v) is 4.65. The first kappa shape index (κ1) is 20.2. The van der Waals surface area contributed by atoms with Crippen LogP contribution in [0.15, 0.2) is 84.9 Å². The summed E-state index contributed by atoms with van der Waals surface area (Å²) in [4.78, 5) is 14.4. The van der Waals surface area contributed by atoms with Crippen molar-refractivity contribution < 1.29 is 14.3 Å². The van der Waals surface area contributed by atoms with Crippen LogP contribution in [0.1, 0.15) is 27.0 Å². The van der Waals surface area contributed by atoms with Crippen molar-refractivity contribution in [3.8, 4) is 33.8 Å². The van der Waals surface area contributed by atoms with E-state index in [1.165, 1.54) is 0 Å². The standard InChI is InChI=1S/C28H20O3S/c1-30-19-13-9-17(10-14-19)21-5-4-8-24-25(21)27(29)23-7-3-6-22(26(23)28(24)32)18-11-15-20(31-2)16-12-18/h3-16H,1-2H3. The van der Waals surface area contributed by atoms with Gasteiger partial charge in [0, 0.05) is 22.3 Å². The highest BCUT2D eigenvalue weighted by Crippen LogP contribution is 2.39. The maximum absolute atomic E-state index is 13.8. The lowest BCUT2D eigenvalue weighted by molar-refractivity contribution is 0.103. The number of ketones is 1. The minimum absolute atomic E-state index is 0.00891. The lowest BCUT2D eigenvalue weighted by Crippen LogP contribution is -2.22. The SMILES string of the molecule is COc1ccc(-c2cccc3c2C(=O)c2cccc(-c4ccc(OC)cc4)c2C3=S)cc1. The molecule has 5 rings (SSSR count). The summed E-state index contributed by atoms with van der Waals surface area (Å²) in [5, 5.41) is 0. The number of carbonyl (C=O) groups is 1. The third kappa shape index (κ3) is 3.20. The minimum atomic E-state index is -0.00891. The van der Waals surface area contributed by atoms with Gasteiger partial charge in [-0.1, -0.05) is 72.9 Å². The summed E-state index contributed by atoms with van der Waals surface area (Å²) in [6.45, 7) is 0. The molecule has 0 atom stereocenters. The molecule has 1 aliphatic rings. The van der Waals surface area contributed by atoms with Gasteiger partial charge in [0.25, 0.3) is 0 Å². The Morgan fingerprint density at radius 2 is 1.00 bits per heavy atom. The van der Waals surface area contributed by atoms with Crippen LogP contribution < -0.4 is 9.47 Å². The molecule has 0 heterocycles. The van der Waals surface area contributed by atoms with Crippen LogP contribution >= 0.6 is 12.2 Å². The van der Waals surface area contributed by atoms with Crippen LogP contribution in [0.5, 0.6) is 11.5 Å². The van der Waals surface area contributed by atoms with E-state index in [0.717, 1.165) is 44.9 Å². The summed E-state index contributed by atoms with van der Waals surface area (Å²) in [5.41, 5.74) is 6.67. The number of methoxy groups -OCH3 is 2. The van der Waals surface area contributed by atoms with Gasteiger partial charge in [0.05, 0.1) is 19.1 Å². The van der Waals surface area contributed by atoms with E-state index in [9.17, 15) is 4.79 Å². The number of hydrogen-bond donors (Lipinski definition) is 0. The summed E-state index contributed by atoms with van der Waals surface area (Å²) in [6.07, 6.45) is 0. The lowest BCUT2D eigenvalue weighted by atomic mass is 9.78. The van der Waals surface area contributed by atoms with Crippen molar-refractivity contribution in [3.63, 3.8) is 0 Å². The van der Waals surface area contributed by atoms with Crippen LogP contribution in [0.2, 0.25) is 0 Å². The molecule has 0 unspecified atom stereocenters. The maximum Gasteiger partial charge on any atom is 0.194 e. The first-order valence-electron chi connectivity index (χ1n) is 10.3. The molecular formula is C28H20O3S. The summed E-state index contributed by atoms with van der Waals surface area (Å²) in [7, 11) is 3.28. The molecule has 4 aromatic carbocycles. The Balaban J connectivity index is 1.67. The second-order valence-electron chi connectivity index (χ2n) is 7.57. The molecule has 4 heteroatoms. The van der Waals surface area contributed by atoms with Gasteiger partial charge < -0.3 is 9.47 Å². The van der Waals surface area contributed by atoms with E-state index in [0.29, 0.717) is 16.0 Å². The summed E-state index contributed by atoms with van der Waals surface area (Å²) < 4.78 is 10.6. The maximum atomic E-state index is 13.8. The van der Waals surface area contributed by atoms with Crippen LogP contribution in [0.4, 0.5) is 0 Å². The molecule has 0 fully saturated rings. The van der Waals surface area contributed by atoms with Gasteiger partial charge in [-0.15, -0.1) is 0 Å². The molecule has 1 aliphatic carbocycles. The largest absolute Gasteiger partial charge is 0.497 e. The first-order chi connectivity index (χ1) is 15.6. The number of benzene rings is 4. The Morgan fingerprint density at radius 1 is 0.562 bits per heavy atom. The molecule has 3 nitrogen and oxygen atoms in total. The Hall–Kier alpha value is -3.76. The molecule has 0 aromatic heterocycles. The summed E-state index contributed by atoms with van der Waals surface area (Å²) in [5.74, 6) is 1.55. The van der Waals surface area contributed by atoms with Crippen molar-refractivity contribution in [2.24, 2.45) is 0 Å². The fourth-order valence-electron chi connectivity index (χ4n) is 4.26. The molecule has 0 radical (unpaired) electrons. The van der Waals surface area contributed by atoms with Crippen LogP contribution in [0.3, 0.4) is 0 Å². The molecule has 4 aromatic rings. The third-order valence-electron chi connectivity index (χ3n) is 5.87. The van der Waals surface area contributed by atoms with Crippen LogP contribution in [0.25, 0.3) is 22.3 Å². The lowest BCUT2D eigenvalue weighted by Gasteiger charge is -2.24. The quantitative estimate of drug-likeness (QED) is 0.308.